The van der Waals surface area contributed by atoms with Crippen molar-refractivity contribution >= 4 is 23.2 Å². The molecule has 1 atom stereocenters. The third-order valence-electron chi connectivity index (χ3n) is 3.28. The van der Waals surface area contributed by atoms with E-state index in [1.54, 1.807) is 0 Å². The summed E-state index contributed by atoms with van der Waals surface area (Å²) in [7, 11) is 0. The molecule has 0 amide bonds. The van der Waals surface area contributed by atoms with E-state index in [1.165, 1.54) is 6.42 Å². The summed E-state index contributed by atoms with van der Waals surface area (Å²) in [5.74, 6) is 0.458. The largest absolute Gasteiger partial charge is 0.379 e. The van der Waals surface area contributed by atoms with Crippen LogP contribution in [0.1, 0.15) is 12.8 Å². The van der Waals surface area contributed by atoms with Gasteiger partial charge in [-0.1, -0.05) is 0 Å². The van der Waals surface area contributed by atoms with Crippen LogP contribution < -0.4 is 5.32 Å². The highest BCUT2D eigenvalue weighted by molar-refractivity contribution is 6.50. The molecule has 1 aliphatic carbocycles. The number of rotatable bonds is 6. The van der Waals surface area contributed by atoms with Gasteiger partial charge >= 0.3 is 0 Å². The van der Waals surface area contributed by atoms with E-state index in [2.05, 4.69) is 10.2 Å². The molecule has 2 fully saturated rings. The number of nitrogens with one attached hydrogen (secondary N) is 1. The van der Waals surface area contributed by atoms with E-state index in [4.69, 9.17) is 27.9 Å². The Morgan fingerprint density at radius 3 is 2.62 bits per heavy atom. The number of halogens is 2. The van der Waals surface area contributed by atoms with Crippen LogP contribution in [0, 0.1) is 5.92 Å². The van der Waals surface area contributed by atoms with Crippen LogP contribution in [-0.2, 0) is 4.74 Å². The highest BCUT2D eigenvalue weighted by atomic mass is 35.5. The van der Waals surface area contributed by atoms with E-state index in [-0.39, 0.29) is 0 Å². The molecular formula is C11H20Cl2N2O. The van der Waals surface area contributed by atoms with Gasteiger partial charge in [-0.25, -0.2) is 0 Å². The van der Waals surface area contributed by atoms with Gasteiger partial charge in [-0.05, 0) is 25.9 Å². The van der Waals surface area contributed by atoms with Gasteiger partial charge in [-0.3, -0.25) is 4.90 Å². The average molecular weight is 267 g/mol. The molecule has 0 radical (unpaired) electrons. The van der Waals surface area contributed by atoms with Crippen molar-refractivity contribution in [3.8, 4) is 0 Å². The molecule has 1 saturated carbocycles. The molecule has 1 heterocycles. The van der Waals surface area contributed by atoms with E-state index in [1.807, 2.05) is 0 Å². The Kier molecular flexibility index (Phi) is 4.74. The summed E-state index contributed by atoms with van der Waals surface area (Å²) in [6.45, 7) is 7.10. The van der Waals surface area contributed by atoms with E-state index >= 15 is 0 Å². The van der Waals surface area contributed by atoms with Crippen LogP contribution in [-0.4, -0.2) is 55.2 Å². The Balaban J connectivity index is 1.43. The minimum atomic E-state index is -0.433. The third-order valence-corrected chi connectivity index (χ3v) is 4.20. The summed E-state index contributed by atoms with van der Waals surface area (Å²) in [5, 5.41) is 3.42. The van der Waals surface area contributed by atoms with Gasteiger partial charge in [-0.2, -0.15) is 0 Å². The predicted molar refractivity (Wildman–Crippen MR) is 67.3 cm³/mol. The van der Waals surface area contributed by atoms with Crippen LogP contribution in [0.2, 0.25) is 0 Å². The molecule has 94 valence electrons. The maximum atomic E-state index is 5.95. The lowest BCUT2D eigenvalue weighted by Crippen LogP contribution is -2.37. The first-order valence-corrected chi connectivity index (χ1v) is 6.83. The number of nitrogens with zero attached hydrogens (tertiary/aromatic N) is 1. The first kappa shape index (κ1) is 12.9. The Bertz CT molecular complexity index is 220. The smallest absolute Gasteiger partial charge is 0.122 e. The molecule has 0 aromatic carbocycles. The highest BCUT2D eigenvalue weighted by Gasteiger charge is 2.50. The Hall–Kier alpha value is 0.460. The number of ether oxygens (including phenoxy) is 1. The summed E-state index contributed by atoms with van der Waals surface area (Å²) >= 11 is 11.9. The van der Waals surface area contributed by atoms with Crippen LogP contribution in [0.15, 0.2) is 0 Å². The molecule has 1 N–H and O–H groups in total. The minimum Gasteiger partial charge on any atom is -0.379 e. The van der Waals surface area contributed by atoms with E-state index in [0.29, 0.717) is 5.92 Å². The van der Waals surface area contributed by atoms with Crippen molar-refractivity contribution in [3.05, 3.63) is 0 Å². The highest BCUT2D eigenvalue weighted by Crippen LogP contribution is 2.52. The zero-order chi connectivity index (χ0) is 11.4. The summed E-state index contributed by atoms with van der Waals surface area (Å²) < 4.78 is 4.87. The van der Waals surface area contributed by atoms with Gasteiger partial charge < -0.3 is 10.1 Å². The SMILES string of the molecule is ClC1(Cl)CC1CNCCCN1CCOCC1. The van der Waals surface area contributed by atoms with Crippen molar-refractivity contribution < 1.29 is 4.74 Å². The van der Waals surface area contributed by atoms with Crippen LogP contribution in [0.3, 0.4) is 0 Å². The van der Waals surface area contributed by atoms with Crippen molar-refractivity contribution in [2.45, 2.75) is 17.2 Å². The molecular weight excluding hydrogens is 247 g/mol. The summed E-state index contributed by atoms with van der Waals surface area (Å²) in [5.41, 5.74) is 0. The van der Waals surface area contributed by atoms with Gasteiger partial charge in [0.25, 0.3) is 0 Å². The topological polar surface area (TPSA) is 24.5 Å². The van der Waals surface area contributed by atoms with Gasteiger partial charge in [0.05, 0.1) is 13.2 Å². The first-order valence-electron chi connectivity index (χ1n) is 6.07. The van der Waals surface area contributed by atoms with Crippen molar-refractivity contribution in [1.29, 1.82) is 0 Å². The summed E-state index contributed by atoms with van der Waals surface area (Å²) in [6.07, 6.45) is 2.12. The van der Waals surface area contributed by atoms with Gasteiger partial charge in [0.15, 0.2) is 0 Å². The Labute approximate surface area is 107 Å². The van der Waals surface area contributed by atoms with Crippen molar-refractivity contribution in [3.63, 3.8) is 0 Å². The Morgan fingerprint density at radius 1 is 1.31 bits per heavy atom. The molecule has 0 spiro atoms. The normalized spacial score (nSPS) is 29.2. The van der Waals surface area contributed by atoms with E-state index in [0.717, 1.165) is 52.4 Å². The summed E-state index contributed by atoms with van der Waals surface area (Å²) in [6, 6.07) is 0. The standard InChI is InChI=1S/C11H20Cl2N2O/c12-11(13)8-10(11)9-14-2-1-3-15-4-6-16-7-5-15/h10,14H,1-9H2. The van der Waals surface area contributed by atoms with Gasteiger partial charge in [0.1, 0.15) is 4.33 Å². The maximum absolute atomic E-state index is 5.95. The lowest BCUT2D eigenvalue weighted by atomic mass is 10.3. The molecule has 1 saturated heterocycles. The number of hydrogen-bond acceptors (Lipinski definition) is 3. The van der Waals surface area contributed by atoms with E-state index < -0.39 is 4.33 Å². The van der Waals surface area contributed by atoms with Crippen molar-refractivity contribution in [2.75, 3.05) is 45.9 Å². The molecule has 1 aliphatic heterocycles. The Morgan fingerprint density at radius 2 is 2.00 bits per heavy atom. The molecule has 1 unspecified atom stereocenters. The quantitative estimate of drug-likeness (QED) is 0.583. The zero-order valence-corrected chi connectivity index (χ0v) is 11.1. The van der Waals surface area contributed by atoms with E-state index in [9.17, 15) is 0 Å². The lowest BCUT2D eigenvalue weighted by molar-refractivity contribution is 0.0374. The molecule has 0 bridgehead atoms. The first-order chi connectivity index (χ1) is 7.68. The second-order valence-corrected chi connectivity index (χ2v) is 6.22. The third kappa shape index (κ3) is 4.04. The fourth-order valence-electron chi connectivity index (χ4n) is 2.02. The summed E-state index contributed by atoms with van der Waals surface area (Å²) in [4.78, 5) is 2.45. The number of morpholine rings is 1. The maximum Gasteiger partial charge on any atom is 0.122 e. The lowest BCUT2D eigenvalue weighted by Gasteiger charge is -2.26. The van der Waals surface area contributed by atoms with Gasteiger partial charge in [0.2, 0.25) is 0 Å². The van der Waals surface area contributed by atoms with Crippen LogP contribution in [0.25, 0.3) is 0 Å². The molecule has 2 aliphatic rings. The van der Waals surface area contributed by atoms with Crippen LogP contribution in [0.4, 0.5) is 0 Å². The number of alkyl halides is 2. The molecule has 5 heteroatoms. The molecule has 0 aromatic heterocycles. The zero-order valence-electron chi connectivity index (χ0n) is 9.55. The fraction of sp³-hybridized carbons (Fsp3) is 1.00. The van der Waals surface area contributed by atoms with Crippen molar-refractivity contribution in [2.24, 2.45) is 5.92 Å². The van der Waals surface area contributed by atoms with Crippen LogP contribution >= 0.6 is 23.2 Å². The van der Waals surface area contributed by atoms with Crippen molar-refractivity contribution in [1.82, 2.24) is 10.2 Å². The van der Waals surface area contributed by atoms with Gasteiger partial charge in [-0.15, -0.1) is 23.2 Å². The number of hydrogen-bond donors (Lipinski definition) is 1. The molecule has 3 nitrogen and oxygen atoms in total. The predicted octanol–water partition coefficient (Wildman–Crippen LogP) is 1.49. The molecule has 16 heavy (non-hydrogen) atoms. The fourth-order valence-corrected chi connectivity index (χ4v) is 2.55. The molecule has 2 rings (SSSR count). The molecule has 0 aromatic rings. The minimum absolute atomic E-state index is 0.433. The van der Waals surface area contributed by atoms with Crippen LogP contribution in [0.5, 0.6) is 0 Å². The second-order valence-electron chi connectivity index (χ2n) is 4.67. The van der Waals surface area contributed by atoms with Gasteiger partial charge in [0, 0.05) is 25.6 Å². The monoisotopic (exact) mass is 266 g/mol. The average Bonchev–Trinajstić information content (AvgIpc) is 2.87. The second kappa shape index (κ2) is 5.87.